The molecule has 0 aromatic rings. The zero-order chi connectivity index (χ0) is 13.6. The Hall–Kier alpha value is -0.370. The van der Waals surface area contributed by atoms with Crippen LogP contribution in [0.25, 0.3) is 0 Å². The largest absolute Gasteiger partial charge is 0.303 e. The summed E-state index contributed by atoms with van der Waals surface area (Å²) in [5.74, 6) is 0.947. The minimum atomic E-state index is -0.148. The molecule has 18 heavy (non-hydrogen) atoms. The fraction of sp³-hybridized carbons (Fsp3) is 0.938. The fourth-order valence-corrected chi connectivity index (χ4v) is 3.44. The van der Waals surface area contributed by atoms with Gasteiger partial charge in [-0.25, -0.2) is 0 Å². The van der Waals surface area contributed by atoms with Crippen LogP contribution in [0.1, 0.15) is 65.7 Å². The maximum atomic E-state index is 11.3. The zero-order valence-corrected chi connectivity index (χ0v) is 12.7. The highest BCUT2D eigenvalue weighted by molar-refractivity contribution is 5.59. The van der Waals surface area contributed by atoms with E-state index in [2.05, 4.69) is 32.7 Å². The SMILES string of the molecule is CCCC(C)(C=O)CN(C)C1CCC(CC)CC1. The van der Waals surface area contributed by atoms with Gasteiger partial charge in [0.05, 0.1) is 0 Å². The molecule has 2 heteroatoms. The highest BCUT2D eigenvalue weighted by atomic mass is 16.1. The van der Waals surface area contributed by atoms with E-state index in [1.54, 1.807) is 0 Å². The summed E-state index contributed by atoms with van der Waals surface area (Å²) in [6.07, 6.45) is 9.97. The fourth-order valence-electron chi connectivity index (χ4n) is 3.44. The Balaban J connectivity index is 2.45. The van der Waals surface area contributed by atoms with Crippen LogP contribution in [0.4, 0.5) is 0 Å². The third-order valence-corrected chi connectivity index (χ3v) is 4.73. The number of hydrogen-bond acceptors (Lipinski definition) is 2. The van der Waals surface area contributed by atoms with Crippen molar-refractivity contribution in [3.8, 4) is 0 Å². The van der Waals surface area contributed by atoms with Crippen molar-refractivity contribution in [3.63, 3.8) is 0 Å². The molecule has 1 unspecified atom stereocenters. The molecule has 0 heterocycles. The van der Waals surface area contributed by atoms with Gasteiger partial charge >= 0.3 is 0 Å². The number of nitrogens with zero attached hydrogens (tertiary/aromatic N) is 1. The van der Waals surface area contributed by atoms with E-state index >= 15 is 0 Å². The van der Waals surface area contributed by atoms with Crippen LogP contribution in [0.5, 0.6) is 0 Å². The molecule has 0 radical (unpaired) electrons. The maximum absolute atomic E-state index is 11.3. The Morgan fingerprint density at radius 3 is 2.28 bits per heavy atom. The second-order valence-electron chi connectivity index (χ2n) is 6.52. The molecular formula is C16H31NO. The molecule has 1 aliphatic rings. The van der Waals surface area contributed by atoms with Crippen molar-refractivity contribution in [2.75, 3.05) is 13.6 Å². The van der Waals surface area contributed by atoms with E-state index in [4.69, 9.17) is 0 Å². The number of hydrogen-bond donors (Lipinski definition) is 0. The topological polar surface area (TPSA) is 20.3 Å². The van der Waals surface area contributed by atoms with Gasteiger partial charge in [0, 0.05) is 18.0 Å². The molecule has 106 valence electrons. The summed E-state index contributed by atoms with van der Waals surface area (Å²) in [7, 11) is 2.20. The Kier molecular flexibility index (Phi) is 6.34. The average Bonchev–Trinajstić information content (AvgIpc) is 2.39. The summed E-state index contributed by atoms with van der Waals surface area (Å²) in [5, 5.41) is 0. The van der Waals surface area contributed by atoms with Crippen molar-refractivity contribution >= 4 is 6.29 Å². The number of rotatable bonds is 7. The molecule has 0 spiro atoms. The molecule has 1 atom stereocenters. The lowest BCUT2D eigenvalue weighted by atomic mass is 9.82. The molecule has 1 aliphatic carbocycles. The van der Waals surface area contributed by atoms with Crippen LogP contribution >= 0.6 is 0 Å². The molecule has 0 aromatic heterocycles. The van der Waals surface area contributed by atoms with Gasteiger partial charge in [-0.05, 0) is 45.1 Å². The first kappa shape index (κ1) is 15.7. The van der Waals surface area contributed by atoms with E-state index in [-0.39, 0.29) is 5.41 Å². The lowest BCUT2D eigenvalue weighted by Crippen LogP contribution is -2.42. The van der Waals surface area contributed by atoms with Gasteiger partial charge in [0.1, 0.15) is 6.29 Å². The van der Waals surface area contributed by atoms with Gasteiger partial charge in [-0.15, -0.1) is 0 Å². The van der Waals surface area contributed by atoms with Gasteiger partial charge < -0.3 is 9.69 Å². The normalized spacial score (nSPS) is 28.1. The second-order valence-corrected chi connectivity index (χ2v) is 6.52. The summed E-state index contributed by atoms with van der Waals surface area (Å²) in [5.41, 5.74) is -0.148. The van der Waals surface area contributed by atoms with Crippen molar-refractivity contribution in [3.05, 3.63) is 0 Å². The highest BCUT2D eigenvalue weighted by Crippen LogP contribution is 2.31. The summed E-state index contributed by atoms with van der Waals surface area (Å²) in [4.78, 5) is 13.7. The standard InChI is InChI=1S/C16H31NO/c1-5-11-16(3,13-18)12-17(4)15-9-7-14(6-2)8-10-15/h13-15H,5-12H2,1-4H3. The molecule has 0 aliphatic heterocycles. The maximum Gasteiger partial charge on any atom is 0.127 e. The minimum absolute atomic E-state index is 0.148. The van der Waals surface area contributed by atoms with E-state index in [0.717, 1.165) is 25.3 Å². The van der Waals surface area contributed by atoms with Gasteiger partial charge in [0.15, 0.2) is 0 Å². The first-order chi connectivity index (χ1) is 8.54. The lowest BCUT2D eigenvalue weighted by molar-refractivity contribution is -0.117. The van der Waals surface area contributed by atoms with Crippen molar-refractivity contribution in [2.24, 2.45) is 11.3 Å². The van der Waals surface area contributed by atoms with E-state index in [0.29, 0.717) is 6.04 Å². The molecule has 0 bridgehead atoms. The van der Waals surface area contributed by atoms with Crippen LogP contribution in [0.15, 0.2) is 0 Å². The number of carbonyl (C=O) groups is 1. The smallest absolute Gasteiger partial charge is 0.127 e. The quantitative estimate of drug-likeness (QED) is 0.642. The predicted molar refractivity (Wildman–Crippen MR) is 77.7 cm³/mol. The van der Waals surface area contributed by atoms with Gasteiger partial charge in [-0.2, -0.15) is 0 Å². The molecule has 1 rings (SSSR count). The van der Waals surface area contributed by atoms with Crippen molar-refractivity contribution in [1.82, 2.24) is 4.90 Å². The van der Waals surface area contributed by atoms with Crippen molar-refractivity contribution in [1.29, 1.82) is 0 Å². The Bertz CT molecular complexity index is 245. The van der Waals surface area contributed by atoms with E-state index in [9.17, 15) is 4.79 Å². The second kappa shape index (κ2) is 7.28. The number of carbonyl (C=O) groups excluding carboxylic acids is 1. The summed E-state index contributed by atoms with van der Waals surface area (Å²) >= 11 is 0. The monoisotopic (exact) mass is 253 g/mol. The van der Waals surface area contributed by atoms with Crippen molar-refractivity contribution in [2.45, 2.75) is 71.8 Å². The van der Waals surface area contributed by atoms with Gasteiger partial charge in [0.25, 0.3) is 0 Å². The van der Waals surface area contributed by atoms with E-state index in [1.807, 2.05) is 0 Å². The molecule has 2 nitrogen and oxygen atoms in total. The highest BCUT2D eigenvalue weighted by Gasteiger charge is 2.29. The molecule has 0 saturated heterocycles. The minimum Gasteiger partial charge on any atom is -0.303 e. The third-order valence-electron chi connectivity index (χ3n) is 4.73. The Labute approximate surface area is 113 Å². The summed E-state index contributed by atoms with van der Waals surface area (Å²) < 4.78 is 0. The van der Waals surface area contributed by atoms with Gasteiger partial charge in [-0.3, -0.25) is 0 Å². The van der Waals surface area contributed by atoms with Crippen LogP contribution in [0, 0.1) is 11.3 Å². The summed E-state index contributed by atoms with van der Waals surface area (Å²) in [6, 6.07) is 0.698. The van der Waals surface area contributed by atoms with Gasteiger partial charge in [-0.1, -0.05) is 33.6 Å². The first-order valence-electron chi connectivity index (χ1n) is 7.71. The van der Waals surface area contributed by atoms with E-state index < -0.39 is 0 Å². The predicted octanol–water partition coefficient (Wildman–Crippen LogP) is 3.89. The van der Waals surface area contributed by atoms with Crippen molar-refractivity contribution < 1.29 is 4.79 Å². The van der Waals surface area contributed by atoms with Crippen LogP contribution < -0.4 is 0 Å². The van der Waals surface area contributed by atoms with Gasteiger partial charge in [0.2, 0.25) is 0 Å². The molecule has 1 saturated carbocycles. The molecular weight excluding hydrogens is 222 g/mol. The first-order valence-corrected chi connectivity index (χ1v) is 7.71. The Morgan fingerprint density at radius 2 is 1.83 bits per heavy atom. The van der Waals surface area contributed by atoms with Crippen LogP contribution in [0.3, 0.4) is 0 Å². The summed E-state index contributed by atoms with van der Waals surface area (Å²) in [6.45, 7) is 7.50. The van der Waals surface area contributed by atoms with Crippen LogP contribution in [-0.2, 0) is 4.79 Å². The number of aldehydes is 1. The van der Waals surface area contributed by atoms with Crippen LogP contribution in [-0.4, -0.2) is 30.8 Å². The van der Waals surface area contributed by atoms with Crippen LogP contribution in [0.2, 0.25) is 0 Å². The molecule has 1 fully saturated rings. The zero-order valence-electron chi connectivity index (χ0n) is 12.7. The molecule has 0 aromatic carbocycles. The third kappa shape index (κ3) is 4.38. The lowest BCUT2D eigenvalue weighted by Gasteiger charge is -2.38. The molecule has 0 amide bonds. The average molecular weight is 253 g/mol. The molecule has 0 N–H and O–H groups in total. The Morgan fingerprint density at radius 1 is 1.22 bits per heavy atom. The van der Waals surface area contributed by atoms with E-state index in [1.165, 1.54) is 38.4 Å².